The first kappa shape index (κ1) is 29.9. The molecule has 3 aromatic rings. The van der Waals surface area contributed by atoms with Gasteiger partial charge in [0.05, 0.1) is 10.2 Å². The van der Waals surface area contributed by atoms with Crippen LogP contribution in [0.4, 0.5) is 15.3 Å². The molecule has 0 saturated heterocycles. The second-order valence-electron chi connectivity index (χ2n) is 11.2. The number of alkyl carbamates (subject to hydrolysis) is 2. The van der Waals surface area contributed by atoms with Crippen LogP contribution in [0.25, 0.3) is 20.8 Å². The summed E-state index contributed by atoms with van der Waals surface area (Å²) in [5.74, 6) is -0.353. The molecule has 2 aromatic carbocycles. The van der Waals surface area contributed by atoms with Crippen LogP contribution < -0.4 is 16.0 Å². The highest BCUT2D eigenvalue weighted by atomic mass is 32.1. The van der Waals surface area contributed by atoms with Crippen molar-refractivity contribution in [1.82, 2.24) is 15.6 Å². The largest absolute Gasteiger partial charge is 0.444 e. The first-order valence-electron chi connectivity index (χ1n) is 13.0. The number of thiazole rings is 1. The van der Waals surface area contributed by atoms with Crippen molar-refractivity contribution < 1.29 is 23.9 Å². The van der Waals surface area contributed by atoms with Crippen LogP contribution in [-0.4, -0.2) is 46.9 Å². The molecule has 0 aliphatic heterocycles. The molecule has 1 aromatic heterocycles. The number of anilines is 1. The topological polar surface area (TPSA) is 119 Å². The third kappa shape index (κ3) is 10.2. The molecule has 10 heteroatoms. The highest BCUT2D eigenvalue weighted by Crippen LogP contribution is 2.30. The fraction of sp³-hybridized carbons (Fsp3) is 0.448. The van der Waals surface area contributed by atoms with E-state index in [1.54, 1.807) is 52.9 Å². The van der Waals surface area contributed by atoms with Crippen LogP contribution in [0.5, 0.6) is 0 Å². The Hall–Kier alpha value is -3.66. The summed E-state index contributed by atoms with van der Waals surface area (Å²) in [5.41, 5.74) is 1.24. The zero-order valence-electron chi connectivity index (χ0n) is 23.4. The second kappa shape index (κ2) is 12.9. The summed E-state index contributed by atoms with van der Waals surface area (Å²) >= 11 is 1.61. The number of amides is 3. The van der Waals surface area contributed by atoms with E-state index in [0.717, 1.165) is 20.8 Å². The van der Waals surface area contributed by atoms with Crippen LogP contribution in [-0.2, 0) is 14.3 Å². The lowest BCUT2D eigenvalue weighted by atomic mass is 10.1. The molecule has 0 aliphatic carbocycles. The molecule has 0 bridgehead atoms. The number of carbonyl (C=O) groups is 3. The summed E-state index contributed by atoms with van der Waals surface area (Å²) in [6.45, 7) is 11.1. The first-order chi connectivity index (χ1) is 18.3. The van der Waals surface area contributed by atoms with Crippen molar-refractivity contribution in [3.63, 3.8) is 0 Å². The molecule has 39 heavy (non-hydrogen) atoms. The molecule has 0 radical (unpaired) electrons. The number of para-hydroxylation sites is 1. The molecule has 0 aliphatic rings. The molecule has 210 valence electrons. The number of rotatable bonds is 9. The minimum atomic E-state index is -0.815. The number of benzene rings is 2. The van der Waals surface area contributed by atoms with E-state index >= 15 is 0 Å². The number of ether oxygens (including phenoxy) is 2. The third-order valence-corrected chi connectivity index (χ3v) is 6.37. The van der Waals surface area contributed by atoms with Gasteiger partial charge in [0.2, 0.25) is 5.91 Å². The molecule has 3 N–H and O–H groups in total. The molecule has 0 spiro atoms. The number of fused-ring (bicyclic) bond motifs is 1. The average molecular weight is 555 g/mol. The number of nitrogens with one attached hydrogen (secondary N) is 3. The van der Waals surface area contributed by atoms with Crippen LogP contribution in [0.2, 0.25) is 0 Å². The summed E-state index contributed by atoms with van der Waals surface area (Å²) in [7, 11) is 0. The monoisotopic (exact) mass is 554 g/mol. The number of carbonyl (C=O) groups excluding carboxylic acids is 3. The average Bonchev–Trinajstić information content (AvgIpc) is 3.25. The maximum absolute atomic E-state index is 13.1. The zero-order chi connectivity index (χ0) is 28.6. The predicted octanol–water partition coefficient (Wildman–Crippen LogP) is 6.49. The van der Waals surface area contributed by atoms with Gasteiger partial charge in [-0.25, -0.2) is 14.6 Å². The van der Waals surface area contributed by atoms with Crippen LogP contribution >= 0.6 is 11.3 Å². The molecule has 9 nitrogen and oxygen atoms in total. The molecule has 3 amide bonds. The minimum Gasteiger partial charge on any atom is -0.444 e. The van der Waals surface area contributed by atoms with Gasteiger partial charge in [-0.05, 0) is 97.2 Å². The Morgan fingerprint density at radius 1 is 0.872 bits per heavy atom. The summed E-state index contributed by atoms with van der Waals surface area (Å²) in [5, 5.41) is 9.17. The quantitative estimate of drug-likeness (QED) is 0.260. The second-order valence-corrected chi connectivity index (χ2v) is 12.2. The van der Waals surface area contributed by atoms with Crippen molar-refractivity contribution in [3.05, 3.63) is 48.5 Å². The highest BCUT2D eigenvalue weighted by Gasteiger charge is 2.24. The molecule has 0 fully saturated rings. The lowest BCUT2D eigenvalue weighted by Crippen LogP contribution is -2.45. The molecule has 0 unspecified atom stereocenters. The Labute approximate surface area is 233 Å². The Kier molecular flexibility index (Phi) is 9.91. The van der Waals surface area contributed by atoms with Crippen LogP contribution in [0.1, 0.15) is 60.8 Å². The Morgan fingerprint density at radius 3 is 2.15 bits per heavy atom. The van der Waals surface area contributed by atoms with E-state index in [-0.39, 0.29) is 5.91 Å². The Morgan fingerprint density at radius 2 is 1.51 bits per heavy atom. The molecule has 0 saturated carbocycles. The van der Waals surface area contributed by atoms with Gasteiger partial charge in [0.1, 0.15) is 22.3 Å². The third-order valence-electron chi connectivity index (χ3n) is 5.29. The predicted molar refractivity (Wildman–Crippen MR) is 155 cm³/mol. The lowest BCUT2D eigenvalue weighted by molar-refractivity contribution is -0.118. The van der Waals surface area contributed by atoms with Crippen LogP contribution in [0.15, 0.2) is 48.5 Å². The SMILES string of the molecule is CC(C)(C)OC(=O)NCCCC[C@H](NC(=O)OC(C)(C)C)C(=O)Nc1ccc(-c2nc3ccccc3s2)cc1. The number of hydrogen-bond donors (Lipinski definition) is 3. The van der Waals surface area contributed by atoms with Gasteiger partial charge in [-0.15, -0.1) is 11.3 Å². The van der Waals surface area contributed by atoms with Crippen molar-refractivity contribution in [2.75, 3.05) is 11.9 Å². The van der Waals surface area contributed by atoms with Gasteiger partial charge in [0.25, 0.3) is 0 Å². The van der Waals surface area contributed by atoms with Crippen molar-refractivity contribution in [2.24, 2.45) is 0 Å². The normalized spacial score (nSPS) is 12.5. The van der Waals surface area contributed by atoms with E-state index in [1.165, 1.54) is 0 Å². The van der Waals surface area contributed by atoms with E-state index in [2.05, 4.69) is 20.9 Å². The number of unbranched alkanes of at least 4 members (excludes halogenated alkanes) is 1. The van der Waals surface area contributed by atoms with Gasteiger partial charge in [-0.3, -0.25) is 4.79 Å². The number of nitrogens with zero attached hydrogens (tertiary/aromatic N) is 1. The van der Waals surface area contributed by atoms with Gasteiger partial charge in [0, 0.05) is 17.8 Å². The fourth-order valence-corrected chi connectivity index (χ4v) is 4.59. The van der Waals surface area contributed by atoms with E-state index in [1.807, 2.05) is 48.5 Å². The van der Waals surface area contributed by atoms with Gasteiger partial charge < -0.3 is 25.4 Å². The van der Waals surface area contributed by atoms with Crippen molar-refractivity contribution in [2.45, 2.75) is 78.0 Å². The number of aromatic nitrogens is 1. The van der Waals surface area contributed by atoms with E-state index in [0.29, 0.717) is 31.5 Å². The zero-order valence-corrected chi connectivity index (χ0v) is 24.2. The lowest BCUT2D eigenvalue weighted by Gasteiger charge is -2.23. The maximum Gasteiger partial charge on any atom is 0.408 e. The Balaban J connectivity index is 1.59. The van der Waals surface area contributed by atoms with Gasteiger partial charge in [0.15, 0.2) is 0 Å². The first-order valence-corrected chi connectivity index (χ1v) is 13.8. The number of hydrogen-bond acceptors (Lipinski definition) is 7. The molecule has 1 atom stereocenters. The summed E-state index contributed by atoms with van der Waals surface area (Å²) < 4.78 is 11.7. The van der Waals surface area contributed by atoms with E-state index in [4.69, 9.17) is 9.47 Å². The molecule has 1 heterocycles. The molecular formula is C29H38N4O5S. The molecule has 3 rings (SSSR count). The Bertz CT molecular complexity index is 1240. The van der Waals surface area contributed by atoms with E-state index < -0.39 is 29.4 Å². The van der Waals surface area contributed by atoms with Crippen molar-refractivity contribution in [3.8, 4) is 10.6 Å². The maximum atomic E-state index is 13.1. The van der Waals surface area contributed by atoms with Gasteiger partial charge >= 0.3 is 12.2 Å². The molecular weight excluding hydrogens is 516 g/mol. The smallest absolute Gasteiger partial charge is 0.408 e. The summed E-state index contributed by atoms with van der Waals surface area (Å²) in [6.07, 6.45) is 0.403. The standard InChI is InChI=1S/C29H38N4O5S/c1-28(2,3)37-26(35)30-18-10-9-12-22(33-27(36)38-29(4,5)6)24(34)31-20-16-14-19(15-17-20)25-32-21-11-7-8-13-23(21)39-25/h7-8,11,13-17,22H,9-10,12,18H2,1-6H3,(H,30,35)(H,31,34)(H,33,36)/t22-/m0/s1. The van der Waals surface area contributed by atoms with Crippen molar-refractivity contribution in [1.29, 1.82) is 0 Å². The minimum absolute atomic E-state index is 0.353. The summed E-state index contributed by atoms with van der Waals surface area (Å²) in [6, 6.07) is 14.6. The fourth-order valence-electron chi connectivity index (χ4n) is 3.62. The van der Waals surface area contributed by atoms with Crippen molar-refractivity contribution >= 4 is 45.3 Å². The summed E-state index contributed by atoms with van der Waals surface area (Å²) in [4.78, 5) is 42.1. The van der Waals surface area contributed by atoms with Gasteiger partial charge in [-0.2, -0.15) is 0 Å². The highest BCUT2D eigenvalue weighted by molar-refractivity contribution is 7.21. The van der Waals surface area contributed by atoms with Crippen LogP contribution in [0.3, 0.4) is 0 Å². The van der Waals surface area contributed by atoms with E-state index in [9.17, 15) is 14.4 Å². The van der Waals surface area contributed by atoms with Gasteiger partial charge in [-0.1, -0.05) is 12.1 Å². The van der Waals surface area contributed by atoms with Crippen LogP contribution in [0, 0.1) is 0 Å².